The number of nitrogens with one attached hydrogen (secondary N) is 1. The third-order valence-corrected chi connectivity index (χ3v) is 1.64. The van der Waals surface area contributed by atoms with Gasteiger partial charge in [-0.15, -0.1) is 0 Å². The van der Waals surface area contributed by atoms with Crippen LogP contribution in [0.1, 0.15) is 0 Å². The van der Waals surface area contributed by atoms with Crippen molar-refractivity contribution in [3.63, 3.8) is 0 Å². The molecule has 0 saturated heterocycles. The molecule has 0 bridgehead atoms. The molecule has 0 aliphatic carbocycles. The number of aromatic nitrogens is 1. The van der Waals surface area contributed by atoms with Crippen LogP contribution in [0.15, 0.2) is 18.5 Å². The van der Waals surface area contributed by atoms with Gasteiger partial charge in [-0.2, -0.15) is 0 Å². The van der Waals surface area contributed by atoms with E-state index >= 15 is 0 Å². The van der Waals surface area contributed by atoms with E-state index in [1.807, 2.05) is 0 Å². The van der Waals surface area contributed by atoms with Crippen molar-refractivity contribution in [1.29, 1.82) is 0 Å². The molecule has 0 spiro atoms. The van der Waals surface area contributed by atoms with Gasteiger partial charge in [0.05, 0.1) is 17.6 Å². The molecule has 4 nitrogen and oxygen atoms in total. The molecule has 1 aromatic heterocycles. The van der Waals surface area contributed by atoms with Crippen molar-refractivity contribution in [3.05, 3.63) is 18.5 Å². The van der Waals surface area contributed by atoms with Gasteiger partial charge in [-0.25, -0.2) is 8.78 Å². The van der Waals surface area contributed by atoms with Gasteiger partial charge in [-0.05, 0) is 6.07 Å². The number of rotatable bonds is 4. The first-order chi connectivity index (χ1) is 6.61. The lowest BCUT2D eigenvalue weighted by Crippen LogP contribution is -2.27. The van der Waals surface area contributed by atoms with Crippen LogP contribution in [0.4, 0.5) is 20.2 Å². The molecule has 1 aromatic rings. The highest BCUT2D eigenvalue weighted by molar-refractivity contribution is 5.64. The summed E-state index contributed by atoms with van der Waals surface area (Å²) in [6.07, 6.45) is -1.57. The lowest BCUT2D eigenvalue weighted by atomic mass is 10.3. The van der Waals surface area contributed by atoms with Crippen molar-refractivity contribution in [2.45, 2.75) is 12.5 Å². The largest absolute Gasteiger partial charge is 0.396 e. The van der Waals surface area contributed by atoms with Gasteiger partial charge in [0, 0.05) is 12.7 Å². The maximum absolute atomic E-state index is 11.9. The third-order valence-electron chi connectivity index (χ3n) is 1.64. The molecule has 78 valence electrons. The van der Waals surface area contributed by atoms with Gasteiger partial charge < -0.3 is 16.2 Å². The first-order valence-corrected chi connectivity index (χ1v) is 4.01. The van der Waals surface area contributed by atoms with Gasteiger partial charge in [0.15, 0.2) is 0 Å². The molecule has 0 saturated carbocycles. The van der Waals surface area contributed by atoms with Gasteiger partial charge >= 0.3 is 0 Å². The Morgan fingerprint density at radius 3 is 2.86 bits per heavy atom. The molecule has 6 heteroatoms. The Morgan fingerprint density at radius 2 is 2.29 bits per heavy atom. The van der Waals surface area contributed by atoms with E-state index in [4.69, 9.17) is 10.8 Å². The van der Waals surface area contributed by atoms with Crippen LogP contribution < -0.4 is 11.1 Å². The smallest absolute Gasteiger partial charge is 0.265 e. The molecular formula is C8H11F2N3O. The summed E-state index contributed by atoms with van der Waals surface area (Å²) in [5.41, 5.74) is 6.33. The predicted molar refractivity (Wildman–Crippen MR) is 49.1 cm³/mol. The second kappa shape index (κ2) is 4.71. The van der Waals surface area contributed by atoms with Gasteiger partial charge in [0.1, 0.15) is 6.10 Å². The Hall–Kier alpha value is -1.43. The Kier molecular flexibility index (Phi) is 3.58. The quantitative estimate of drug-likeness (QED) is 0.673. The number of nitrogens with two attached hydrogens (primary N) is 1. The van der Waals surface area contributed by atoms with Gasteiger partial charge in [-0.3, -0.25) is 4.98 Å². The number of pyridine rings is 1. The van der Waals surface area contributed by atoms with Crippen LogP contribution in [0, 0.1) is 0 Å². The highest BCUT2D eigenvalue weighted by Gasteiger charge is 2.16. The highest BCUT2D eigenvalue weighted by atomic mass is 19.3. The van der Waals surface area contributed by atoms with E-state index in [0.29, 0.717) is 11.4 Å². The average Bonchev–Trinajstić information content (AvgIpc) is 2.16. The number of hydrogen-bond donors (Lipinski definition) is 3. The normalized spacial score (nSPS) is 12.9. The summed E-state index contributed by atoms with van der Waals surface area (Å²) in [4.78, 5) is 3.73. The van der Waals surface area contributed by atoms with E-state index in [2.05, 4.69) is 10.3 Å². The van der Waals surface area contributed by atoms with Crippen LogP contribution in [-0.4, -0.2) is 29.2 Å². The molecular weight excluding hydrogens is 192 g/mol. The van der Waals surface area contributed by atoms with Crippen molar-refractivity contribution in [2.75, 3.05) is 17.6 Å². The Balaban J connectivity index is 2.50. The number of alkyl halides is 2. The van der Waals surface area contributed by atoms with Crippen LogP contribution >= 0.6 is 0 Å². The predicted octanol–water partition coefficient (Wildman–Crippen LogP) is 0.702. The van der Waals surface area contributed by atoms with Crippen LogP contribution in [0.5, 0.6) is 0 Å². The summed E-state index contributed by atoms with van der Waals surface area (Å²) >= 11 is 0. The lowest BCUT2D eigenvalue weighted by Gasteiger charge is -2.12. The van der Waals surface area contributed by atoms with Crippen LogP contribution in [0.2, 0.25) is 0 Å². The summed E-state index contributed by atoms with van der Waals surface area (Å²) in [5.74, 6) is 0. The molecule has 0 fully saturated rings. The minimum Gasteiger partial charge on any atom is -0.396 e. The number of anilines is 2. The highest BCUT2D eigenvalue weighted by Crippen LogP contribution is 2.15. The second-order valence-electron chi connectivity index (χ2n) is 2.75. The zero-order valence-electron chi connectivity index (χ0n) is 7.32. The number of nitrogen functional groups attached to an aromatic ring is 1. The van der Waals surface area contributed by atoms with E-state index < -0.39 is 12.5 Å². The summed E-state index contributed by atoms with van der Waals surface area (Å²) in [6.45, 7) is -0.244. The average molecular weight is 203 g/mol. The fourth-order valence-corrected chi connectivity index (χ4v) is 0.871. The fourth-order valence-electron chi connectivity index (χ4n) is 0.871. The standard InChI is InChI=1S/C8H11F2N3O/c9-8(10)7(14)4-13-6-1-2-12-3-5(6)11/h1-3,7-8,14H,4,11H2,(H,12,13). The van der Waals surface area contributed by atoms with E-state index in [1.54, 1.807) is 6.07 Å². The van der Waals surface area contributed by atoms with Crippen molar-refractivity contribution in [3.8, 4) is 0 Å². The summed E-state index contributed by atoms with van der Waals surface area (Å²) < 4.78 is 23.8. The molecule has 1 unspecified atom stereocenters. The fraction of sp³-hybridized carbons (Fsp3) is 0.375. The van der Waals surface area contributed by atoms with E-state index in [-0.39, 0.29) is 6.54 Å². The maximum Gasteiger partial charge on any atom is 0.265 e. The molecule has 0 amide bonds. The minimum absolute atomic E-state index is 0.244. The number of halogens is 2. The summed E-state index contributed by atoms with van der Waals surface area (Å²) in [5, 5.41) is 11.4. The first kappa shape index (κ1) is 10.6. The summed E-state index contributed by atoms with van der Waals surface area (Å²) in [7, 11) is 0. The molecule has 14 heavy (non-hydrogen) atoms. The Labute approximate surface area is 79.8 Å². The van der Waals surface area contributed by atoms with Crippen molar-refractivity contribution in [1.82, 2.24) is 4.98 Å². The van der Waals surface area contributed by atoms with Crippen LogP contribution in [0.3, 0.4) is 0 Å². The first-order valence-electron chi connectivity index (χ1n) is 4.01. The number of hydrogen-bond acceptors (Lipinski definition) is 4. The number of nitrogens with zero attached hydrogens (tertiary/aromatic N) is 1. The molecule has 0 aromatic carbocycles. The molecule has 1 heterocycles. The third kappa shape index (κ3) is 2.81. The second-order valence-corrected chi connectivity index (χ2v) is 2.75. The molecule has 1 atom stereocenters. The van der Waals surface area contributed by atoms with Crippen molar-refractivity contribution >= 4 is 11.4 Å². The monoisotopic (exact) mass is 203 g/mol. The molecule has 0 aliphatic rings. The molecule has 4 N–H and O–H groups in total. The molecule has 0 radical (unpaired) electrons. The Bertz CT molecular complexity index is 296. The SMILES string of the molecule is Nc1cnccc1NCC(O)C(F)F. The van der Waals surface area contributed by atoms with Gasteiger partial charge in [0.2, 0.25) is 0 Å². The van der Waals surface area contributed by atoms with Crippen LogP contribution in [0.25, 0.3) is 0 Å². The zero-order valence-corrected chi connectivity index (χ0v) is 7.32. The van der Waals surface area contributed by atoms with Crippen molar-refractivity contribution in [2.24, 2.45) is 0 Å². The summed E-state index contributed by atoms with van der Waals surface area (Å²) in [6, 6.07) is 1.55. The van der Waals surface area contributed by atoms with Crippen LogP contribution in [-0.2, 0) is 0 Å². The molecule has 0 aliphatic heterocycles. The van der Waals surface area contributed by atoms with Gasteiger partial charge in [0.25, 0.3) is 6.43 Å². The number of aliphatic hydroxyl groups is 1. The van der Waals surface area contributed by atoms with E-state index in [0.717, 1.165) is 0 Å². The van der Waals surface area contributed by atoms with Gasteiger partial charge in [-0.1, -0.05) is 0 Å². The Morgan fingerprint density at radius 1 is 1.57 bits per heavy atom. The van der Waals surface area contributed by atoms with E-state index in [9.17, 15) is 8.78 Å². The molecule has 1 rings (SSSR count). The number of aliphatic hydroxyl groups excluding tert-OH is 1. The topological polar surface area (TPSA) is 71.2 Å². The zero-order chi connectivity index (χ0) is 10.6. The van der Waals surface area contributed by atoms with E-state index in [1.165, 1.54) is 12.4 Å². The maximum atomic E-state index is 11.9. The van der Waals surface area contributed by atoms with Crippen molar-refractivity contribution < 1.29 is 13.9 Å². The lowest BCUT2D eigenvalue weighted by molar-refractivity contribution is 0.00385. The minimum atomic E-state index is -2.76.